The van der Waals surface area contributed by atoms with Crippen LogP contribution < -0.4 is 14.8 Å². The minimum absolute atomic E-state index is 0.00974. The Kier molecular flexibility index (Phi) is 6.09. The Bertz CT molecular complexity index is 456. The van der Waals surface area contributed by atoms with Crippen molar-refractivity contribution in [3.63, 3.8) is 0 Å². The van der Waals surface area contributed by atoms with E-state index in [9.17, 15) is 0 Å². The summed E-state index contributed by atoms with van der Waals surface area (Å²) >= 11 is 0. The lowest BCUT2D eigenvalue weighted by Gasteiger charge is -2.34. The molecule has 1 aromatic rings. The van der Waals surface area contributed by atoms with E-state index in [1.165, 1.54) is 0 Å². The number of rotatable bonds is 6. The van der Waals surface area contributed by atoms with Gasteiger partial charge < -0.3 is 14.2 Å². The van der Waals surface area contributed by atoms with Crippen LogP contribution in [0.1, 0.15) is 34.1 Å². The lowest BCUT2D eigenvalue weighted by molar-refractivity contribution is -0.0709. The zero-order valence-corrected chi connectivity index (χ0v) is 14.1. The standard InChI is InChI=1S/C18H28NO3/c1-5-20-15-8-6-7-9-16(15)21-13-14-10-11-19-17(12-14)22-18(2,3)4/h6-9,12,14,17,19H,5,10-11,13H2,1-4H3. The van der Waals surface area contributed by atoms with Crippen LogP contribution in [0.3, 0.4) is 0 Å². The highest BCUT2D eigenvalue weighted by Gasteiger charge is 2.26. The third-order valence-corrected chi connectivity index (χ3v) is 3.39. The van der Waals surface area contributed by atoms with Gasteiger partial charge in [0.1, 0.15) is 6.23 Å². The highest BCUT2D eigenvalue weighted by Crippen LogP contribution is 2.28. The number of hydrogen-bond donors (Lipinski definition) is 1. The molecule has 1 heterocycles. The van der Waals surface area contributed by atoms with Crippen LogP contribution in [0.2, 0.25) is 0 Å². The third kappa shape index (κ3) is 5.50. The van der Waals surface area contributed by atoms with Gasteiger partial charge in [0, 0.05) is 12.3 Å². The zero-order chi connectivity index (χ0) is 16.0. The van der Waals surface area contributed by atoms with Gasteiger partial charge in [-0.1, -0.05) is 12.1 Å². The predicted octanol–water partition coefficient (Wildman–Crippen LogP) is 3.42. The van der Waals surface area contributed by atoms with Gasteiger partial charge in [0.15, 0.2) is 11.5 Å². The molecule has 22 heavy (non-hydrogen) atoms. The van der Waals surface area contributed by atoms with Gasteiger partial charge >= 0.3 is 0 Å². The van der Waals surface area contributed by atoms with E-state index in [2.05, 4.69) is 32.5 Å². The molecule has 4 nitrogen and oxygen atoms in total. The highest BCUT2D eigenvalue weighted by atomic mass is 16.5. The molecule has 1 aromatic carbocycles. The van der Waals surface area contributed by atoms with Crippen LogP contribution >= 0.6 is 0 Å². The summed E-state index contributed by atoms with van der Waals surface area (Å²) in [5.74, 6) is 1.99. The first-order valence-electron chi connectivity index (χ1n) is 8.09. The molecule has 0 aliphatic carbocycles. The first-order chi connectivity index (χ1) is 10.5. The Labute approximate surface area is 134 Å². The highest BCUT2D eigenvalue weighted by molar-refractivity contribution is 5.39. The summed E-state index contributed by atoms with van der Waals surface area (Å²) in [4.78, 5) is 0. The molecule has 0 aromatic heterocycles. The second kappa shape index (κ2) is 7.84. The second-order valence-corrected chi connectivity index (χ2v) is 6.54. The van der Waals surface area contributed by atoms with Gasteiger partial charge in [-0.15, -0.1) is 0 Å². The molecule has 123 valence electrons. The fourth-order valence-electron chi connectivity index (χ4n) is 2.46. The van der Waals surface area contributed by atoms with E-state index in [0.29, 0.717) is 19.1 Å². The first kappa shape index (κ1) is 17.1. The molecule has 0 amide bonds. The summed E-state index contributed by atoms with van der Waals surface area (Å²) < 4.78 is 17.5. The van der Waals surface area contributed by atoms with E-state index in [1.54, 1.807) is 0 Å². The smallest absolute Gasteiger partial charge is 0.161 e. The number of piperidine rings is 1. The molecule has 1 aliphatic heterocycles. The number of nitrogens with one attached hydrogen (secondary N) is 1. The maximum atomic E-state index is 5.98. The van der Waals surface area contributed by atoms with E-state index in [1.807, 2.05) is 31.2 Å². The molecule has 1 aliphatic rings. The lowest BCUT2D eigenvalue weighted by Crippen LogP contribution is -2.45. The molecule has 2 atom stereocenters. The molecule has 2 unspecified atom stereocenters. The van der Waals surface area contributed by atoms with Crippen molar-refractivity contribution in [1.82, 2.24) is 5.32 Å². The molecule has 1 radical (unpaired) electrons. The minimum Gasteiger partial charge on any atom is -0.490 e. The van der Waals surface area contributed by atoms with Crippen LogP contribution in [-0.2, 0) is 4.74 Å². The van der Waals surface area contributed by atoms with Gasteiger partial charge in [-0.2, -0.15) is 0 Å². The van der Waals surface area contributed by atoms with E-state index in [-0.39, 0.29) is 11.8 Å². The van der Waals surface area contributed by atoms with Gasteiger partial charge in [0.25, 0.3) is 0 Å². The normalized spacial score (nSPS) is 22.4. The predicted molar refractivity (Wildman–Crippen MR) is 88.1 cm³/mol. The summed E-state index contributed by atoms with van der Waals surface area (Å²) in [5, 5.41) is 3.38. The molecule has 4 heteroatoms. The number of hydrogen-bond acceptors (Lipinski definition) is 4. The quantitative estimate of drug-likeness (QED) is 0.874. The lowest BCUT2D eigenvalue weighted by atomic mass is 9.97. The molecule has 1 saturated heterocycles. The number of para-hydroxylation sites is 2. The van der Waals surface area contributed by atoms with Crippen LogP contribution in [0.4, 0.5) is 0 Å². The Morgan fingerprint density at radius 2 is 1.82 bits per heavy atom. The van der Waals surface area contributed by atoms with Crippen LogP contribution in [0.15, 0.2) is 24.3 Å². The van der Waals surface area contributed by atoms with Crippen LogP contribution in [0, 0.1) is 12.3 Å². The minimum atomic E-state index is -0.154. The topological polar surface area (TPSA) is 39.7 Å². The number of ether oxygens (including phenoxy) is 3. The Morgan fingerprint density at radius 1 is 1.14 bits per heavy atom. The Morgan fingerprint density at radius 3 is 2.45 bits per heavy atom. The maximum absolute atomic E-state index is 5.98. The van der Waals surface area contributed by atoms with Crippen molar-refractivity contribution in [1.29, 1.82) is 0 Å². The van der Waals surface area contributed by atoms with Crippen molar-refractivity contribution in [2.24, 2.45) is 5.92 Å². The Balaban J connectivity index is 1.86. The van der Waals surface area contributed by atoms with Crippen molar-refractivity contribution in [3.8, 4) is 11.5 Å². The molecule has 1 N–H and O–H groups in total. The SMILES string of the molecule is CCOc1ccccc1OCC1[CH]C(OC(C)(C)C)NCC1. The molecule has 0 spiro atoms. The van der Waals surface area contributed by atoms with Crippen LogP contribution in [0.25, 0.3) is 0 Å². The van der Waals surface area contributed by atoms with Gasteiger partial charge in [0.05, 0.1) is 18.8 Å². The summed E-state index contributed by atoms with van der Waals surface area (Å²) in [6.07, 6.45) is 3.25. The molecular weight excluding hydrogens is 278 g/mol. The van der Waals surface area contributed by atoms with Gasteiger partial charge in [-0.25, -0.2) is 0 Å². The zero-order valence-electron chi connectivity index (χ0n) is 14.1. The largest absolute Gasteiger partial charge is 0.490 e. The second-order valence-electron chi connectivity index (χ2n) is 6.54. The first-order valence-corrected chi connectivity index (χ1v) is 8.09. The monoisotopic (exact) mass is 306 g/mol. The van der Waals surface area contributed by atoms with Crippen molar-refractivity contribution in [2.75, 3.05) is 19.8 Å². The molecule has 0 bridgehead atoms. The Hall–Kier alpha value is -1.26. The van der Waals surface area contributed by atoms with Crippen molar-refractivity contribution < 1.29 is 14.2 Å². The molecule has 1 fully saturated rings. The third-order valence-electron chi connectivity index (χ3n) is 3.39. The molecule has 2 rings (SSSR count). The van der Waals surface area contributed by atoms with Gasteiger partial charge in [0.2, 0.25) is 0 Å². The van der Waals surface area contributed by atoms with Gasteiger partial charge in [-0.05, 0) is 52.8 Å². The van der Waals surface area contributed by atoms with Crippen molar-refractivity contribution in [3.05, 3.63) is 30.7 Å². The van der Waals surface area contributed by atoms with Crippen molar-refractivity contribution in [2.45, 2.75) is 45.9 Å². The fourth-order valence-corrected chi connectivity index (χ4v) is 2.46. The fraction of sp³-hybridized carbons (Fsp3) is 0.611. The average Bonchev–Trinajstić information content (AvgIpc) is 2.45. The van der Waals surface area contributed by atoms with Crippen LogP contribution in [-0.4, -0.2) is 31.6 Å². The summed E-state index contributed by atoms with van der Waals surface area (Å²) in [6.45, 7) is 10.4. The molecule has 0 saturated carbocycles. The van der Waals surface area contributed by atoms with E-state index < -0.39 is 0 Å². The maximum Gasteiger partial charge on any atom is 0.161 e. The van der Waals surface area contributed by atoms with E-state index in [4.69, 9.17) is 14.2 Å². The molecular formula is C18H28NO3. The average molecular weight is 306 g/mol. The summed E-state index contributed by atoms with van der Waals surface area (Å²) in [7, 11) is 0. The van der Waals surface area contributed by atoms with Gasteiger partial charge in [-0.3, -0.25) is 5.32 Å². The summed E-state index contributed by atoms with van der Waals surface area (Å²) in [5.41, 5.74) is -0.154. The van der Waals surface area contributed by atoms with Crippen LogP contribution in [0.5, 0.6) is 11.5 Å². The van der Waals surface area contributed by atoms with Crippen molar-refractivity contribution >= 4 is 0 Å². The summed E-state index contributed by atoms with van der Waals surface area (Å²) in [6, 6.07) is 7.82. The number of benzene rings is 1. The van der Waals surface area contributed by atoms with E-state index >= 15 is 0 Å². The van der Waals surface area contributed by atoms with E-state index in [0.717, 1.165) is 24.5 Å².